The zero-order valence-corrected chi connectivity index (χ0v) is 15.9. The molecule has 0 spiro atoms. The molecule has 0 aliphatic carbocycles. The molecule has 9 heteroatoms. The maximum absolute atomic E-state index is 12.7. The molecule has 2 bridgehead atoms. The van der Waals surface area contributed by atoms with Gasteiger partial charge in [-0.25, -0.2) is 0 Å². The minimum atomic E-state index is -3.44. The first-order valence-electron chi connectivity index (χ1n) is 8.74. The molecule has 1 aromatic rings. The van der Waals surface area contributed by atoms with Crippen molar-refractivity contribution in [3.8, 4) is 0 Å². The van der Waals surface area contributed by atoms with Crippen molar-refractivity contribution in [3.05, 3.63) is 18.0 Å². The van der Waals surface area contributed by atoms with Crippen LogP contribution in [0.25, 0.3) is 0 Å². The molecule has 0 saturated carbocycles. The Labute approximate surface area is 149 Å². The lowest BCUT2D eigenvalue weighted by Crippen LogP contribution is -2.48. The highest BCUT2D eigenvalue weighted by Gasteiger charge is 2.41. The number of hydrogen-bond donors (Lipinski definition) is 0. The van der Waals surface area contributed by atoms with Gasteiger partial charge >= 0.3 is 0 Å². The van der Waals surface area contributed by atoms with Crippen LogP contribution in [-0.2, 0) is 21.5 Å². The second kappa shape index (κ2) is 7.05. The summed E-state index contributed by atoms with van der Waals surface area (Å²) in [5.41, 5.74) is 1.04. The van der Waals surface area contributed by atoms with E-state index in [-0.39, 0.29) is 17.9 Å². The normalized spacial score (nSPS) is 24.7. The predicted molar refractivity (Wildman–Crippen MR) is 94.0 cm³/mol. The van der Waals surface area contributed by atoms with Crippen LogP contribution < -0.4 is 0 Å². The first kappa shape index (κ1) is 18.3. The van der Waals surface area contributed by atoms with Crippen molar-refractivity contribution in [2.75, 3.05) is 33.7 Å². The van der Waals surface area contributed by atoms with Gasteiger partial charge in [-0.15, -0.1) is 0 Å². The van der Waals surface area contributed by atoms with E-state index >= 15 is 0 Å². The molecule has 1 amide bonds. The first-order chi connectivity index (χ1) is 11.8. The van der Waals surface area contributed by atoms with Crippen LogP contribution in [0.3, 0.4) is 0 Å². The quantitative estimate of drug-likeness (QED) is 0.748. The third-order valence-corrected chi connectivity index (χ3v) is 7.13. The van der Waals surface area contributed by atoms with E-state index in [1.54, 1.807) is 24.6 Å². The van der Waals surface area contributed by atoms with E-state index in [4.69, 9.17) is 0 Å². The fourth-order valence-corrected chi connectivity index (χ4v) is 4.96. The Morgan fingerprint density at radius 1 is 1.28 bits per heavy atom. The molecule has 3 aliphatic rings. The van der Waals surface area contributed by atoms with E-state index in [9.17, 15) is 13.2 Å². The van der Waals surface area contributed by atoms with Crippen LogP contribution in [0.15, 0.2) is 12.3 Å². The molecule has 25 heavy (non-hydrogen) atoms. The number of carbonyl (C=O) groups excluding carboxylic acids is 1. The van der Waals surface area contributed by atoms with Gasteiger partial charge in [-0.2, -0.15) is 22.1 Å². The second-order valence-corrected chi connectivity index (χ2v) is 9.34. The average molecular weight is 369 g/mol. The molecule has 0 aromatic carbocycles. The topological polar surface area (TPSA) is 78.8 Å². The number of aryl methyl sites for hydroxylation is 2. The molecule has 4 heterocycles. The zero-order valence-electron chi connectivity index (χ0n) is 15.1. The van der Waals surface area contributed by atoms with Gasteiger partial charge < -0.3 is 4.90 Å². The van der Waals surface area contributed by atoms with Crippen molar-refractivity contribution >= 4 is 16.1 Å². The third-order valence-electron chi connectivity index (χ3n) is 5.25. The maximum atomic E-state index is 12.7. The van der Waals surface area contributed by atoms with E-state index in [0.29, 0.717) is 32.6 Å². The number of carbonyl (C=O) groups is 1. The van der Waals surface area contributed by atoms with Crippen molar-refractivity contribution in [1.29, 1.82) is 0 Å². The molecule has 2 atom stereocenters. The van der Waals surface area contributed by atoms with Crippen LogP contribution >= 0.6 is 0 Å². The lowest BCUT2D eigenvalue weighted by Gasteiger charge is -2.36. The number of amides is 1. The summed E-state index contributed by atoms with van der Waals surface area (Å²) in [7, 11) is -0.331. The Morgan fingerprint density at radius 2 is 2.04 bits per heavy atom. The molecule has 3 saturated heterocycles. The fraction of sp³-hybridized carbons (Fsp3) is 0.750. The van der Waals surface area contributed by atoms with E-state index in [1.165, 1.54) is 4.31 Å². The molecule has 8 nitrogen and oxygen atoms in total. The standard InChI is InChI=1S/C16H27N5O3S/c1-13-6-8-17-21(13)9-7-16(22)20-11-14-4-5-15(20)12-19(10-14)25(23,24)18(2)3/h6,8,14-15H,4-5,7,9-12H2,1-3H3/t14-,15+/m0/s1. The summed E-state index contributed by atoms with van der Waals surface area (Å²) in [6, 6.07) is 1.89. The third kappa shape index (κ3) is 3.73. The highest BCUT2D eigenvalue weighted by Crippen LogP contribution is 2.30. The van der Waals surface area contributed by atoms with E-state index in [0.717, 1.165) is 18.5 Å². The van der Waals surface area contributed by atoms with Gasteiger partial charge in [0.25, 0.3) is 10.2 Å². The Balaban J connectivity index is 1.68. The van der Waals surface area contributed by atoms with Crippen LogP contribution in [0.2, 0.25) is 0 Å². The van der Waals surface area contributed by atoms with Crippen molar-refractivity contribution in [1.82, 2.24) is 23.3 Å². The van der Waals surface area contributed by atoms with Crippen molar-refractivity contribution < 1.29 is 13.2 Å². The van der Waals surface area contributed by atoms with Crippen LogP contribution in [0.5, 0.6) is 0 Å². The predicted octanol–water partition coefficient (Wildman–Crippen LogP) is 0.311. The minimum absolute atomic E-state index is 0.0281. The molecular weight excluding hydrogens is 342 g/mol. The summed E-state index contributed by atoms with van der Waals surface area (Å²) in [4.78, 5) is 14.6. The molecule has 0 N–H and O–H groups in total. The van der Waals surface area contributed by atoms with E-state index < -0.39 is 10.2 Å². The van der Waals surface area contributed by atoms with Gasteiger partial charge in [0.2, 0.25) is 5.91 Å². The molecular formula is C16H27N5O3S. The van der Waals surface area contributed by atoms with Crippen LogP contribution in [0.4, 0.5) is 0 Å². The van der Waals surface area contributed by atoms with Gasteiger partial charge in [0, 0.05) is 64.6 Å². The SMILES string of the molecule is Cc1ccnn1CCC(=O)N1C[C@H]2CC[C@@H]1CN(S(=O)(=O)N(C)C)C2. The Kier molecular flexibility index (Phi) is 5.17. The molecule has 0 radical (unpaired) electrons. The maximum Gasteiger partial charge on any atom is 0.281 e. The van der Waals surface area contributed by atoms with Crippen LogP contribution in [-0.4, -0.2) is 77.4 Å². The molecule has 3 aliphatic heterocycles. The monoisotopic (exact) mass is 369 g/mol. The second-order valence-electron chi connectivity index (χ2n) is 7.20. The lowest BCUT2D eigenvalue weighted by molar-refractivity contribution is -0.135. The smallest absolute Gasteiger partial charge is 0.281 e. The zero-order chi connectivity index (χ0) is 18.2. The summed E-state index contributed by atoms with van der Waals surface area (Å²) < 4.78 is 29.6. The Morgan fingerprint density at radius 3 is 2.68 bits per heavy atom. The van der Waals surface area contributed by atoms with E-state index in [1.807, 2.05) is 22.6 Å². The number of nitrogens with zero attached hydrogens (tertiary/aromatic N) is 5. The van der Waals surface area contributed by atoms with E-state index in [2.05, 4.69) is 5.10 Å². The van der Waals surface area contributed by atoms with Gasteiger partial charge in [0.15, 0.2) is 0 Å². The highest BCUT2D eigenvalue weighted by molar-refractivity contribution is 7.86. The van der Waals surface area contributed by atoms with Gasteiger partial charge in [-0.3, -0.25) is 9.48 Å². The average Bonchev–Trinajstić information content (AvgIpc) is 2.78. The molecule has 4 rings (SSSR count). The molecule has 0 unspecified atom stereocenters. The van der Waals surface area contributed by atoms with Gasteiger partial charge in [-0.05, 0) is 31.7 Å². The van der Waals surface area contributed by atoms with Gasteiger partial charge in [0.1, 0.15) is 0 Å². The van der Waals surface area contributed by atoms with Crippen LogP contribution in [0, 0.1) is 12.8 Å². The summed E-state index contributed by atoms with van der Waals surface area (Å²) in [6.45, 7) is 4.07. The molecule has 1 aromatic heterocycles. The summed E-state index contributed by atoms with van der Waals surface area (Å²) in [6.07, 6.45) is 3.98. The fourth-order valence-electron chi connectivity index (χ4n) is 3.74. The number of rotatable bonds is 5. The Hall–Kier alpha value is -1.45. The first-order valence-corrected chi connectivity index (χ1v) is 10.1. The lowest BCUT2D eigenvalue weighted by atomic mass is 9.95. The Bertz CT molecular complexity index is 730. The van der Waals surface area contributed by atoms with Gasteiger partial charge in [0.05, 0.1) is 0 Å². The number of piperidine rings is 1. The summed E-state index contributed by atoms with van der Waals surface area (Å²) in [5, 5.41) is 4.22. The largest absolute Gasteiger partial charge is 0.338 e. The van der Waals surface area contributed by atoms with Crippen molar-refractivity contribution in [2.45, 2.75) is 38.8 Å². The summed E-state index contributed by atoms with van der Waals surface area (Å²) >= 11 is 0. The van der Waals surface area contributed by atoms with Gasteiger partial charge in [-0.1, -0.05) is 0 Å². The molecule has 3 fully saturated rings. The highest BCUT2D eigenvalue weighted by atomic mass is 32.2. The minimum Gasteiger partial charge on any atom is -0.338 e. The number of aromatic nitrogens is 2. The van der Waals surface area contributed by atoms with Crippen molar-refractivity contribution in [3.63, 3.8) is 0 Å². The van der Waals surface area contributed by atoms with Crippen molar-refractivity contribution in [2.24, 2.45) is 5.92 Å². The van der Waals surface area contributed by atoms with Crippen LogP contribution in [0.1, 0.15) is 25.0 Å². The number of hydrogen-bond acceptors (Lipinski definition) is 4. The summed E-state index contributed by atoms with van der Waals surface area (Å²) in [5.74, 6) is 0.303. The number of fused-ring (bicyclic) bond motifs is 4. The molecule has 140 valence electrons.